The Morgan fingerprint density at radius 2 is 1.86 bits per heavy atom. The SMILES string of the molecule is COc1c(/C=C2\NC(=O)NC2=O)ccc(OC(C)(C)C)c1Cl. The number of ether oxygens (including phenoxy) is 2. The molecule has 7 heteroatoms. The normalized spacial score (nSPS) is 16.5. The predicted octanol–water partition coefficient (Wildman–Crippen LogP) is 2.71. The van der Waals surface area contributed by atoms with E-state index < -0.39 is 17.5 Å². The molecule has 1 aromatic carbocycles. The third kappa shape index (κ3) is 3.51. The number of imide groups is 1. The van der Waals surface area contributed by atoms with Gasteiger partial charge in [0.2, 0.25) is 0 Å². The molecule has 22 heavy (non-hydrogen) atoms. The highest BCUT2D eigenvalue weighted by molar-refractivity contribution is 6.33. The summed E-state index contributed by atoms with van der Waals surface area (Å²) in [5.41, 5.74) is 0.276. The molecule has 1 aliphatic rings. The van der Waals surface area contributed by atoms with Crippen LogP contribution in [0.5, 0.6) is 11.5 Å². The summed E-state index contributed by atoms with van der Waals surface area (Å²) < 4.78 is 11.1. The standard InChI is InChI=1S/C15H17ClN2O4/c1-15(2,3)22-10-6-5-8(12(21-4)11(10)16)7-9-13(19)18-14(20)17-9/h5-7H,1-4H3,(H2,17,18,19,20)/b9-7-. The number of amides is 3. The van der Waals surface area contributed by atoms with Gasteiger partial charge in [0.1, 0.15) is 27.8 Å². The van der Waals surface area contributed by atoms with Crippen LogP contribution < -0.4 is 20.1 Å². The molecule has 0 bridgehead atoms. The maximum atomic E-state index is 11.6. The van der Waals surface area contributed by atoms with Crippen molar-refractivity contribution in [1.29, 1.82) is 0 Å². The van der Waals surface area contributed by atoms with Crippen LogP contribution in [-0.2, 0) is 4.79 Å². The Bertz CT molecular complexity index is 662. The number of hydrogen-bond donors (Lipinski definition) is 2. The van der Waals surface area contributed by atoms with Crippen LogP contribution >= 0.6 is 11.6 Å². The average molecular weight is 325 g/mol. The summed E-state index contributed by atoms with van der Waals surface area (Å²) in [5.74, 6) is 0.344. The molecule has 0 spiro atoms. The zero-order valence-electron chi connectivity index (χ0n) is 12.7. The second-order valence-electron chi connectivity index (χ2n) is 5.68. The summed E-state index contributed by atoms with van der Waals surface area (Å²) in [6.07, 6.45) is 1.49. The van der Waals surface area contributed by atoms with Gasteiger partial charge in [-0.3, -0.25) is 10.1 Å². The molecular weight excluding hydrogens is 308 g/mol. The molecule has 2 rings (SSSR count). The van der Waals surface area contributed by atoms with Crippen molar-refractivity contribution in [3.8, 4) is 11.5 Å². The van der Waals surface area contributed by atoms with E-state index in [-0.39, 0.29) is 5.70 Å². The van der Waals surface area contributed by atoms with E-state index in [2.05, 4.69) is 10.6 Å². The molecule has 0 unspecified atom stereocenters. The van der Waals surface area contributed by atoms with Crippen molar-refractivity contribution in [2.75, 3.05) is 7.11 Å². The van der Waals surface area contributed by atoms with Gasteiger partial charge in [-0.25, -0.2) is 4.79 Å². The highest BCUT2D eigenvalue weighted by Gasteiger charge is 2.24. The second-order valence-corrected chi connectivity index (χ2v) is 6.06. The third-order valence-corrected chi connectivity index (χ3v) is 3.09. The van der Waals surface area contributed by atoms with Gasteiger partial charge in [0.25, 0.3) is 5.91 Å². The van der Waals surface area contributed by atoms with Crippen molar-refractivity contribution in [3.05, 3.63) is 28.4 Å². The van der Waals surface area contributed by atoms with E-state index in [9.17, 15) is 9.59 Å². The minimum absolute atomic E-state index is 0.129. The molecule has 0 aromatic heterocycles. The van der Waals surface area contributed by atoms with Crippen LogP contribution in [0.25, 0.3) is 6.08 Å². The number of urea groups is 1. The van der Waals surface area contributed by atoms with Gasteiger partial charge in [0, 0.05) is 5.56 Å². The Balaban J connectivity index is 2.42. The summed E-state index contributed by atoms with van der Waals surface area (Å²) >= 11 is 6.30. The van der Waals surface area contributed by atoms with Gasteiger partial charge in [-0.2, -0.15) is 0 Å². The van der Waals surface area contributed by atoms with Crippen LogP contribution in [0.15, 0.2) is 17.8 Å². The van der Waals surface area contributed by atoms with Crippen LogP contribution in [0.4, 0.5) is 4.79 Å². The molecule has 2 N–H and O–H groups in total. The smallest absolute Gasteiger partial charge is 0.326 e. The molecule has 118 valence electrons. The van der Waals surface area contributed by atoms with Crippen molar-refractivity contribution in [1.82, 2.24) is 10.6 Å². The van der Waals surface area contributed by atoms with E-state index >= 15 is 0 Å². The zero-order chi connectivity index (χ0) is 16.5. The minimum atomic E-state index is -0.561. The largest absolute Gasteiger partial charge is 0.494 e. The molecule has 1 aliphatic heterocycles. The van der Waals surface area contributed by atoms with Gasteiger partial charge in [0.05, 0.1) is 7.11 Å². The van der Waals surface area contributed by atoms with Gasteiger partial charge < -0.3 is 14.8 Å². The summed E-state index contributed by atoms with van der Waals surface area (Å²) in [6.45, 7) is 5.72. The number of benzene rings is 1. The lowest BCUT2D eigenvalue weighted by Gasteiger charge is -2.23. The van der Waals surface area contributed by atoms with Crippen LogP contribution in [0, 0.1) is 0 Å². The van der Waals surface area contributed by atoms with Crippen LogP contribution in [0.3, 0.4) is 0 Å². The molecular formula is C15H17ClN2O4. The Morgan fingerprint density at radius 1 is 1.18 bits per heavy atom. The van der Waals surface area contributed by atoms with Gasteiger partial charge in [0.15, 0.2) is 0 Å². The molecule has 1 saturated heterocycles. The Morgan fingerprint density at radius 3 is 2.36 bits per heavy atom. The van der Waals surface area contributed by atoms with Crippen molar-refractivity contribution in [3.63, 3.8) is 0 Å². The Kier molecular flexibility index (Phi) is 4.32. The number of halogens is 1. The zero-order valence-corrected chi connectivity index (χ0v) is 13.5. The number of carbonyl (C=O) groups excluding carboxylic acids is 2. The van der Waals surface area contributed by atoms with Crippen LogP contribution in [0.1, 0.15) is 26.3 Å². The highest BCUT2D eigenvalue weighted by atomic mass is 35.5. The fourth-order valence-electron chi connectivity index (χ4n) is 1.92. The first-order valence-electron chi connectivity index (χ1n) is 6.61. The maximum Gasteiger partial charge on any atom is 0.326 e. The average Bonchev–Trinajstić information content (AvgIpc) is 2.70. The molecule has 1 heterocycles. The van der Waals surface area contributed by atoms with Crippen molar-refractivity contribution in [2.24, 2.45) is 0 Å². The van der Waals surface area contributed by atoms with Crippen molar-refractivity contribution >= 4 is 29.6 Å². The number of carbonyl (C=O) groups is 2. The van der Waals surface area contributed by atoms with Gasteiger partial charge in [-0.1, -0.05) is 11.6 Å². The first kappa shape index (κ1) is 16.2. The molecule has 0 atom stereocenters. The van der Waals surface area contributed by atoms with E-state index in [1.54, 1.807) is 12.1 Å². The Labute approximate surface area is 133 Å². The molecule has 0 saturated carbocycles. The predicted molar refractivity (Wildman–Crippen MR) is 83.0 cm³/mol. The van der Waals surface area contributed by atoms with Gasteiger partial charge in [-0.05, 0) is 39.0 Å². The lowest BCUT2D eigenvalue weighted by molar-refractivity contribution is -0.115. The molecule has 6 nitrogen and oxygen atoms in total. The van der Waals surface area contributed by atoms with E-state index in [4.69, 9.17) is 21.1 Å². The van der Waals surface area contributed by atoms with Crippen molar-refractivity contribution in [2.45, 2.75) is 26.4 Å². The quantitative estimate of drug-likeness (QED) is 0.662. The molecule has 1 fully saturated rings. The summed E-state index contributed by atoms with van der Waals surface area (Å²) in [7, 11) is 1.47. The molecule has 1 aromatic rings. The molecule has 0 radical (unpaired) electrons. The van der Waals surface area contributed by atoms with Crippen LogP contribution in [0.2, 0.25) is 5.02 Å². The summed E-state index contributed by atoms with van der Waals surface area (Å²) in [5, 5.41) is 4.84. The number of rotatable bonds is 3. The van der Waals surface area contributed by atoms with E-state index in [1.165, 1.54) is 13.2 Å². The fourth-order valence-corrected chi connectivity index (χ4v) is 2.21. The summed E-state index contributed by atoms with van der Waals surface area (Å²) in [6, 6.07) is 2.84. The fraction of sp³-hybridized carbons (Fsp3) is 0.333. The van der Waals surface area contributed by atoms with Crippen molar-refractivity contribution < 1.29 is 19.1 Å². The topological polar surface area (TPSA) is 76.7 Å². The first-order chi connectivity index (χ1) is 10.2. The summed E-state index contributed by atoms with van der Waals surface area (Å²) in [4.78, 5) is 22.7. The minimum Gasteiger partial charge on any atom is -0.494 e. The molecule has 3 amide bonds. The number of methoxy groups -OCH3 is 1. The molecule has 0 aliphatic carbocycles. The third-order valence-electron chi connectivity index (χ3n) is 2.73. The van der Waals surface area contributed by atoms with Gasteiger partial charge >= 0.3 is 6.03 Å². The number of hydrogen-bond acceptors (Lipinski definition) is 4. The van der Waals surface area contributed by atoms with Gasteiger partial charge in [-0.15, -0.1) is 0 Å². The maximum absolute atomic E-state index is 11.6. The number of nitrogens with one attached hydrogen (secondary N) is 2. The Hall–Kier alpha value is -2.21. The van der Waals surface area contributed by atoms with E-state index in [0.29, 0.717) is 22.1 Å². The first-order valence-corrected chi connectivity index (χ1v) is 6.98. The van der Waals surface area contributed by atoms with E-state index in [0.717, 1.165) is 0 Å². The second kappa shape index (κ2) is 5.88. The highest BCUT2D eigenvalue weighted by Crippen LogP contribution is 2.39. The lowest BCUT2D eigenvalue weighted by atomic mass is 10.1. The monoisotopic (exact) mass is 324 g/mol. The lowest BCUT2D eigenvalue weighted by Crippen LogP contribution is -2.23. The van der Waals surface area contributed by atoms with Crippen LogP contribution in [-0.4, -0.2) is 24.6 Å². The van der Waals surface area contributed by atoms with E-state index in [1.807, 2.05) is 20.8 Å².